The van der Waals surface area contributed by atoms with Crippen LogP contribution in [0.5, 0.6) is 0 Å². The summed E-state index contributed by atoms with van der Waals surface area (Å²) in [6.07, 6.45) is 2.05. The summed E-state index contributed by atoms with van der Waals surface area (Å²) in [7, 11) is 1.95. The van der Waals surface area contributed by atoms with Gasteiger partial charge in [-0.3, -0.25) is 4.90 Å². The number of hydrogen-bond acceptors (Lipinski definition) is 1. The molecule has 0 saturated carbocycles. The van der Waals surface area contributed by atoms with Gasteiger partial charge >= 0.3 is 0 Å². The second kappa shape index (κ2) is 3.15. The molecule has 0 unspecified atom stereocenters. The van der Waals surface area contributed by atoms with E-state index in [4.69, 9.17) is 0 Å². The minimum Gasteiger partial charge on any atom is -0.300 e. The first-order chi connectivity index (χ1) is 4.68. The molecule has 1 atom stereocenters. The monoisotopic (exact) mass is 143 g/mol. The van der Waals surface area contributed by atoms with E-state index in [1.807, 2.05) is 18.9 Å². The molecule has 1 heterocycles. The van der Waals surface area contributed by atoms with E-state index in [9.17, 15) is 4.39 Å². The van der Waals surface area contributed by atoms with Gasteiger partial charge in [-0.25, -0.2) is 4.39 Å². The van der Waals surface area contributed by atoms with Gasteiger partial charge in [0.15, 0.2) is 0 Å². The molecule has 0 aromatic rings. The zero-order valence-corrected chi connectivity index (χ0v) is 6.60. The van der Waals surface area contributed by atoms with E-state index in [0.717, 1.165) is 6.54 Å². The molecule has 10 heavy (non-hydrogen) atoms. The van der Waals surface area contributed by atoms with Crippen LogP contribution in [0, 0.1) is 0 Å². The van der Waals surface area contributed by atoms with Crippen LogP contribution in [-0.4, -0.2) is 31.2 Å². The molecule has 0 aromatic heterocycles. The smallest absolute Gasteiger partial charge is 0.116 e. The van der Waals surface area contributed by atoms with E-state index >= 15 is 0 Å². The van der Waals surface area contributed by atoms with Gasteiger partial charge in [-0.05, 0) is 14.0 Å². The summed E-state index contributed by atoms with van der Waals surface area (Å²) in [6.45, 7) is 3.46. The van der Waals surface area contributed by atoms with Crippen molar-refractivity contribution in [1.29, 1.82) is 0 Å². The number of nitrogens with zero attached hydrogens (tertiary/aromatic N) is 1. The number of rotatable bonds is 0. The van der Waals surface area contributed by atoms with Crippen molar-refractivity contribution in [1.82, 2.24) is 4.90 Å². The second-order valence-electron chi connectivity index (χ2n) is 3.07. The third-order valence-corrected chi connectivity index (χ3v) is 1.80. The fourth-order valence-electron chi connectivity index (χ4n) is 1.22. The van der Waals surface area contributed by atoms with Crippen molar-refractivity contribution < 1.29 is 4.39 Å². The molecule has 0 fully saturated rings. The molecule has 0 N–H and O–H groups in total. The summed E-state index contributed by atoms with van der Waals surface area (Å²) >= 11 is 0. The molecular formula is C8H14FN. The van der Waals surface area contributed by atoms with E-state index < -0.39 is 6.17 Å². The third-order valence-electron chi connectivity index (χ3n) is 1.80. The summed E-state index contributed by atoms with van der Waals surface area (Å²) in [4.78, 5) is 2.00. The molecule has 0 radical (unpaired) electrons. The molecule has 1 aliphatic rings. The van der Waals surface area contributed by atoms with Gasteiger partial charge in [-0.15, -0.1) is 0 Å². The van der Waals surface area contributed by atoms with E-state index in [-0.39, 0.29) is 0 Å². The molecule has 0 bridgehead atoms. The van der Waals surface area contributed by atoms with Gasteiger partial charge in [0.25, 0.3) is 0 Å². The maximum absolute atomic E-state index is 12.9. The zero-order valence-electron chi connectivity index (χ0n) is 6.60. The first kappa shape index (κ1) is 7.73. The van der Waals surface area contributed by atoms with Crippen LogP contribution in [0.4, 0.5) is 4.39 Å². The Labute approximate surface area is 61.5 Å². The molecule has 58 valence electrons. The van der Waals surface area contributed by atoms with E-state index in [1.165, 1.54) is 5.57 Å². The maximum atomic E-state index is 12.9. The topological polar surface area (TPSA) is 3.24 Å². The lowest BCUT2D eigenvalue weighted by molar-refractivity contribution is 0.240. The molecule has 0 aromatic carbocycles. The van der Waals surface area contributed by atoms with Crippen LogP contribution < -0.4 is 0 Å². The van der Waals surface area contributed by atoms with E-state index in [1.54, 1.807) is 0 Å². The second-order valence-corrected chi connectivity index (χ2v) is 3.07. The van der Waals surface area contributed by atoms with Crippen molar-refractivity contribution in [3.63, 3.8) is 0 Å². The Balaban J connectivity index is 2.53. The van der Waals surface area contributed by atoms with Gasteiger partial charge in [0.2, 0.25) is 0 Å². The Bertz CT molecular complexity index is 142. The normalized spacial score (nSPS) is 29.5. The van der Waals surface area contributed by atoms with Gasteiger partial charge in [-0.2, -0.15) is 0 Å². The Morgan fingerprint density at radius 1 is 1.70 bits per heavy atom. The van der Waals surface area contributed by atoms with Crippen LogP contribution in [0.2, 0.25) is 0 Å². The minimum absolute atomic E-state index is 0.577. The fraction of sp³-hybridized carbons (Fsp3) is 0.750. The van der Waals surface area contributed by atoms with Crippen molar-refractivity contribution >= 4 is 0 Å². The number of hydrogen-bond donors (Lipinski definition) is 0. The zero-order chi connectivity index (χ0) is 7.56. The van der Waals surface area contributed by atoms with E-state index in [0.29, 0.717) is 13.0 Å². The highest BCUT2D eigenvalue weighted by Crippen LogP contribution is 2.12. The van der Waals surface area contributed by atoms with Gasteiger partial charge in [0.1, 0.15) is 6.17 Å². The molecule has 1 nitrogen and oxygen atoms in total. The number of allylic oxidation sites excluding steroid dienone is 1. The van der Waals surface area contributed by atoms with Gasteiger partial charge in [-0.1, -0.05) is 11.6 Å². The molecule has 2 heteroatoms. The number of alkyl halides is 1. The molecule has 0 amide bonds. The van der Waals surface area contributed by atoms with Crippen LogP contribution in [0.15, 0.2) is 11.6 Å². The SMILES string of the molecule is CC1=CCN(C)C[C@@H](F)C1. The maximum Gasteiger partial charge on any atom is 0.116 e. The summed E-state index contributed by atoms with van der Waals surface area (Å²) in [5.74, 6) is 0. The van der Waals surface area contributed by atoms with Crippen molar-refractivity contribution in [2.24, 2.45) is 0 Å². The average Bonchev–Trinajstić information content (AvgIpc) is 1.93. The molecule has 1 rings (SSSR count). The highest BCUT2D eigenvalue weighted by atomic mass is 19.1. The van der Waals surface area contributed by atoms with Gasteiger partial charge in [0, 0.05) is 19.5 Å². The van der Waals surface area contributed by atoms with Crippen LogP contribution in [-0.2, 0) is 0 Å². The van der Waals surface area contributed by atoms with Crippen molar-refractivity contribution in [3.8, 4) is 0 Å². The quantitative estimate of drug-likeness (QED) is 0.466. The Kier molecular flexibility index (Phi) is 2.44. The Hall–Kier alpha value is -0.370. The van der Waals surface area contributed by atoms with Crippen molar-refractivity contribution in [2.45, 2.75) is 19.5 Å². The number of halogens is 1. The highest BCUT2D eigenvalue weighted by Gasteiger charge is 2.13. The van der Waals surface area contributed by atoms with Crippen LogP contribution >= 0.6 is 0 Å². The van der Waals surface area contributed by atoms with Crippen LogP contribution in [0.1, 0.15) is 13.3 Å². The first-order valence-electron chi connectivity index (χ1n) is 3.66. The Morgan fingerprint density at radius 3 is 3.10 bits per heavy atom. The molecule has 0 aliphatic carbocycles. The minimum atomic E-state index is -0.663. The van der Waals surface area contributed by atoms with Gasteiger partial charge < -0.3 is 0 Å². The lowest BCUT2D eigenvalue weighted by atomic mass is 10.1. The lowest BCUT2D eigenvalue weighted by Gasteiger charge is -2.13. The first-order valence-corrected chi connectivity index (χ1v) is 3.66. The predicted octanol–water partition coefficient (Wildman–Crippen LogP) is 1.61. The largest absolute Gasteiger partial charge is 0.300 e. The van der Waals surface area contributed by atoms with E-state index in [2.05, 4.69) is 6.08 Å². The van der Waals surface area contributed by atoms with Crippen molar-refractivity contribution in [2.75, 3.05) is 20.1 Å². The Morgan fingerprint density at radius 2 is 2.40 bits per heavy atom. The van der Waals surface area contributed by atoms with Crippen LogP contribution in [0.25, 0.3) is 0 Å². The van der Waals surface area contributed by atoms with Crippen LogP contribution in [0.3, 0.4) is 0 Å². The summed E-state index contributed by atoms with van der Waals surface area (Å²) in [5, 5.41) is 0. The predicted molar refractivity (Wildman–Crippen MR) is 40.8 cm³/mol. The molecule has 0 spiro atoms. The van der Waals surface area contributed by atoms with Crippen molar-refractivity contribution in [3.05, 3.63) is 11.6 Å². The molecule has 0 saturated heterocycles. The summed E-state index contributed by atoms with van der Waals surface area (Å²) in [5.41, 5.74) is 1.18. The average molecular weight is 143 g/mol. The lowest BCUT2D eigenvalue weighted by Crippen LogP contribution is -2.24. The fourth-order valence-corrected chi connectivity index (χ4v) is 1.22. The summed E-state index contributed by atoms with van der Waals surface area (Å²) in [6, 6.07) is 0. The van der Waals surface area contributed by atoms with Gasteiger partial charge in [0.05, 0.1) is 0 Å². The third kappa shape index (κ3) is 2.10. The molecular weight excluding hydrogens is 129 g/mol. The standard InChI is InChI=1S/C8H14FN/c1-7-3-4-10(2)6-8(9)5-7/h3,8H,4-6H2,1-2H3/t8-/m0/s1. The summed E-state index contributed by atoms with van der Waals surface area (Å²) < 4.78 is 12.9. The number of likely N-dealkylation sites (N-methyl/N-ethyl adjacent to an activating group) is 1. The molecule has 1 aliphatic heterocycles. The highest BCUT2D eigenvalue weighted by molar-refractivity contribution is 5.03.